The molecular formula is C20H21FINO3. The van der Waals surface area contributed by atoms with Crippen molar-refractivity contribution in [1.82, 2.24) is 0 Å². The molecule has 0 radical (unpaired) electrons. The van der Waals surface area contributed by atoms with E-state index in [0.717, 1.165) is 44.7 Å². The number of halogens is 2. The van der Waals surface area contributed by atoms with Crippen LogP contribution in [0.2, 0.25) is 0 Å². The number of anilines is 1. The summed E-state index contributed by atoms with van der Waals surface area (Å²) in [5, 5.41) is 3.61. The molecule has 2 aliphatic heterocycles. The Kier molecular flexibility index (Phi) is 4.96. The van der Waals surface area contributed by atoms with Crippen LogP contribution in [0.5, 0.6) is 11.5 Å². The lowest BCUT2D eigenvalue weighted by Crippen LogP contribution is -2.36. The van der Waals surface area contributed by atoms with Crippen molar-refractivity contribution in [2.75, 3.05) is 26.1 Å². The Morgan fingerprint density at radius 2 is 2.04 bits per heavy atom. The second-order valence-electron chi connectivity index (χ2n) is 6.69. The summed E-state index contributed by atoms with van der Waals surface area (Å²) in [5.41, 5.74) is 2.98. The summed E-state index contributed by atoms with van der Waals surface area (Å²) in [7, 11) is 3.30. The number of ether oxygens (including phenoxy) is 3. The van der Waals surface area contributed by atoms with Gasteiger partial charge in [-0.15, -0.1) is 0 Å². The smallest absolute Gasteiger partial charge is 0.174 e. The molecule has 0 bridgehead atoms. The molecule has 0 aliphatic carbocycles. The van der Waals surface area contributed by atoms with E-state index in [2.05, 4.69) is 34.0 Å². The fraction of sp³-hybridized carbons (Fsp3) is 0.400. The molecule has 4 rings (SSSR count). The van der Waals surface area contributed by atoms with E-state index in [0.29, 0.717) is 6.61 Å². The summed E-state index contributed by atoms with van der Waals surface area (Å²) in [6.45, 7) is 0.716. The minimum absolute atomic E-state index is 0.0755. The van der Waals surface area contributed by atoms with Gasteiger partial charge in [-0.3, -0.25) is 0 Å². The van der Waals surface area contributed by atoms with Gasteiger partial charge in [0, 0.05) is 23.8 Å². The van der Waals surface area contributed by atoms with Crippen molar-refractivity contribution in [2.24, 2.45) is 5.92 Å². The molecule has 2 heterocycles. The first-order valence-corrected chi connectivity index (χ1v) is 9.79. The number of hydrogen-bond donors (Lipinski definition) is 1. The Labute approximate surface area is 166 Å². The van der Waals surface area contributed by atoms with Gasteiger partial charge in [-0.05, 0) is 71.3 Å². The maximum Gasteiger partial charge on any atom is 0.174 e. The number of benzene rings is 2. The van der Waals surface area contributed by atoms with Gasteiger partial charge in [-0.2, -0.15) is 0 Å². The zero-order valence-corrected chi connectivity index (χ0v) is 16.9. The first kappa shape index (κ1) is 17.9. The normalized spacial score (nSPS) is 24.2. The monoisotopic (exact) mass is 469 g/mol. The van der Waals surface area contributed by atoms with Gasteiger partial charge in [-0.25, -0.2) is 4.39 Å². The molecule has 26 heavy (non-hydrogen) atoms. The van der Waals surface area contributed by atoms with Crippen molar-refractivity contribution in [3.05, 3.63) is 50.8 Å². The Bertz CT molecular complexity index is 829. The second-order valence-corrected chi connectivity index (χ2v) is 7.85. The van der Waals surface area contributed by atoms with Crippen molar-refractivity contribution in [1.29, 1.82) is 0 Å². The SMILES string of the molecule is COc1cc(C2Nc3ccc(F)cc3C3OCCCC23)cc(I)c1OC. The minimum atomic E-state index is -0.224. The quantitative estimate of drug-likeness (QED) is 0.637. The van der Waals surface area contributed by atoms with Gasteiger partial charge in [0.2, 0.25) is 0 Å². The Morgan fingerprint density at radius 1 is 1.19 bits per heavy atom. The highest BCUT2D eigenvalue weighted by Gasteiger charge is 2.40. The van der Waals surface area contributed by atoms with Crippen LogP contribution in [0.25, 0.3) is 0 Å². The largest absolute Gasteiger partial charge is 0.493 e. The zero-order chi connectivity index (χ0) is 18.3. The number of methoxy groups -OCH3 is 2. The van der Waals surface area contributed by atoms with E-state index < -0.39 is 0 Å². The molecule has 4 nitrogen and oxygen atoms in total. The lowest BCUT2D eigenvalue weighted by atomic mass is 9.77. The number of nitrogens with one attached hydrogen (secondary N) is 1. The molecule has 1 saturated heterocycles. The first-order valence-electron chi connectivity index (χ1n) is 8.71. The predicted molar refractivity (Wildman–Crippen MR) is 106 cm³/mol. The van der Waals surface area contributed by atoms with Crippen molar-refractivity contribution < 1.29 is 18.6 Å². The molecule has 0 amide bonds. The van der Waals surface area contributed by atoms with Crippen molar-refractivity contribution in [3.8, 4) is 11.5 Å². The van der Waals surface area contributed by atoms with Crippen LogP contribution in [-0.4, -0.2) is 20.8 Å². The maximum atomic E-state index is 13.8. The molecule has 1 N–H and O–H groups in total. The van der Waals surface area contributed by atoms with E-state index in [1.54, 1.807) is 26.4 Å². The number of hydrogen-bond acceptors (Lipinski definition) is 4. The van der Waals surface area contributed by atoms with E-state index in [4.69, 9.17) is 14.2 Å². The van der Waals surface area contributed by atoms with Crippen molar-refractivity contribution in [3.63, 3.8) is 0 Å². The van der Waals surface area contributed by atoms with Crippen LogP contribution in [0, 0.1) is 15.3 Å². The highest BCUT2D eigenvalue weighted by Crippen LogP contribution is 2.50. The molecule has 0 saturated carbocycles. The zero-order valence-electron chi connectivity index (χ0n) is 14.7. The summed E-state index contributed by atoms with van der Waals surface area (Å²) in [6, 6.07) is 9.12. The molecule has 2 aliphatic rings. The van der Waals surface area contributed by atoms with E-state index in [-0.39, 0.29) is 23.9 Å². The van der Waals surface area contributed by atoms with E-state index in [1.165, 1.54) is 6.07 Å². The van der Waals surface area contributed by atoms with Gasteiger partial charge in [-0.1, -0.05) is 0 Å². The van der Waals surface area contributed by atoms with Gasteiger partial charge in [0.05, 0.1) is 29.9 Å². The summed E-state index contributed by atoms with van der Waals surface area (Å²) in [6.07, 6.45) is 1.95. The number of rotatable bonds is 3. The van der Waals surface area contributed by atoms with Gasteiger partial charge in [0.1, 0.15) is 5.82 Å². The molecule has 6 heteroatoms. The lowest BCUT2D eigenvalue weighted by molar-refractivity contribution is -0.0383. The van der Waals surface area contributed by atoms with Crippen LogP contribution in [0.15, 0.2) is 30.3 Å². The Hall–Kier alpha value is -1.54. The molecule has 1 fully saturated rings. The van der Waals surface area contributed by atoms with Gasteiger partial charge >= 0.3 is 0 Å². The molecule has 0 spiro atoms. The van der Waals surface area contributed by atoms with Crippen LogP contribution >= 0.6 is 22.6 Å². The maximum absolute atomic E-state index is 13.8. The standard InChI is InChI=1S/C20H21FINO3/c1-24-17-9-11(8-15(22)20(17)25-2)18-13-4-3-7-26-19(13)14-10-12(21)5-6-16(14)23-18/h5-6,8-10,13,18-19,23H,3-4,7H2,1-2H3. The van der Waals surface area contributed by atoms with Gasteiger partial charge < -0.3 is 19.5 Å². The Morgan fingerprint density at radius 3 is 2.81 bits per heavy atom. The minimum Gasteiger partial charge on any atom is -0.493 e. The van der Waals surface area contributed by atoms with Crippen molar-refractivity contribution in [2.45, 2.75) is 25.0 Å². The third kappa shape index (κ3) is 3.03. The molecule has 3 atom stereocenters. The third-order valence-corrected chi connectivity index (χ3v) is 6.04. The number of fused-ring (bicyclic) bond motifs is 3. The fourth-order valence-corrected chi connectivity index (χ4v) is 4.93. The summed E-state index contributed by atoms with van der Waals surface area (Å²) in [5.74, 6) is 1.48. The van der Waals surface area contributed by atoms with Crippen LogP contribution in [-0.2, 0) is 4.74 Å². The summed E-state index contributed by atoms with van der Waals surface area (Å²) in [4.78, 5) is 0. The molecular weight excluding hydrogens is 448 g/mol. The highest BCUT2D eigenvalue weighted by molar-refractivity contribution is 14.1. The second kappa shape index (κ2) is 7.23. The van der Waals surface area contributed by atoms with Gasteiger partial charge in [0.25, 0.3) is 0 Å². The lowest BCUT2D eigenvalue weighted by Gasteiger charge is -2.43. The van der Waals surface area contributed by atoms with E-state index in [1.807, 2.05) is 6.07 Å². The molecule has 2 aromatic rings. The molecule has 138 valence electrons. The van der Waals surface area contributed by atoms with Crippen LogP contribution < -0.4 is 14.8 Å². The first-order chi connectivity index (χ1) is 12.6. The summed E-state index contributed by atoms with van der Waals surface area (Å²) >= 11 is 2.27. The van der Waals surface area contributed by atoms with E-state index in [9.17, 15) is 4.39 Å². The van der Waals surface area contributed by atoms with Gasteiger partial charge in [0.15, 0.2) is 11.5 Å². The topological polar surface area (TPSA) is 39.7 Å². The Balaban J connectivity index is 1.79. The van der Waals surface area contributed by atoms with Crippen LogP contribution in [0.4, 0.5) is 10.1 Å². The van der Waals surface area contributed by atoms with Crippen LogP contribution in [0.3, 0.4) is 0 Å². The molecule has 0 aromatic heterocycles. The third-order valence-electron chi connectivity index (χ3n) is 5.24. The average Bonchev–Trinajstić information content (AvgIpc) is 2.66. The summed E-state index contributed by atoms with van der Waals surface area (Å²) < 4.78 is 31.9. The average molecular weight is 469 g/mol. The van der Waals surface area contributed by atoms with Crippen molar-refractivity contribution >= 4 is 28.3 Å². The molecule has 3 unspecified atom stereocenters. The highest BCUT2D eigenvalue weighted by atomic mass is 127. The predicted octanol–water partition coefficient (Wildman–Crippen LogP) is 5.08. The van der Waals surface area contributed by atoms with Crippen LogP contribution in [0.1, 0.15) is 36.1 Å². The van der Waals surface area contributed by atoms with E-state index >= 15 is 0 Å². The fourth-order valence-electron chi connectivity index (χ4n) is 4.09. The molecule has 2 aromatic carbocycles.